The van der Waals surface area contributed by atoms with E-state index >= 15 is 0 Å². The first kappa shape index (κ1) is 13.2. The van der Waals surface area contributed by atoms with E-state index in [1.165, 1.54) is 11.2 Å². The fourth-order valence-corrected chi connectivity index (χ4v) is 4.31. The normalized spacial score (nSPS) is 17.1. The van der Waals surface area contributed by atoms with E-state index < -0.39 is 21.2 Å². The van der Waals surface area contributed by atoms with Crippen molar-refractivity contribution in [3.8, 4) is 0 Å². The van der Waals surface area contributed by atoms with Crippen molar-refractivity contribution in [3.05, 3.63) is 24.3 Å². The third kappa shape index (κ3) is 2.20. The third-order valence-electron chi connectivity index (χ3n) is 2.79. The third-order valence-corrected chi connectivity index (χ3v) is 5.92. The molecule has 0 aromatic heterocycles. The zero-order valence-corrected chi connectivity index (χ0v) is 11.4. The maximum absolute atomic E-state index is 12.2. The van der Waals surface area contributed by atoms with Gasteiger partial charge in [0.25, 0.3) is 0 Å². The Morgan fingerprint density at radius 3 is 2.78 bits per heavy atom. The van der Waals surface area contributed by atoms with E-state index in [2.05, 4.69) is 0 Å². The molecule has 2 rings (SSSR count). The molecule has 98 valence electrons. The summed E-state index contributed by atoms with van der Waals surface area (Å²) in [7, 11) is -3.85. The molecule has 5 nitrogen and oxygen atoms in total. The number of benzene rings is 1. The summed E-state index contributed by atoms with van der Waals surface area (Å²) in [5, 5.41) is 7.45. The minimum atomic E-state index is -3.85. The number of hydrogen-bond donors (Lipinski definition) is 1. The number of sulfonamides is 1. The minimum absolute atomic E-state index is 0.307. The second kappa shape index (κ2) is 4.81. The van der Waals surface area contributed by atoms with Gasteiger partial charge in [-0.3, -0.25) is 9.10 Å². The largest absolute Gasteiger partial charge is 0.480 e. The first-order valence-corrected chi connectivity index (χ1v) is 7.89. The summed E-state index contributed by atoms with van der Waals surface area (Å²) in [6.07, 6.45) is 0. The first-order valence-electron chi connectivity index (χ1n) is 5.41. The van der Waals surface area contributed by atoms with E-state index in [9.17, 15) is 13.2 Å². The number of carboxylic acids is 1. The second-order valence-corrected chi connectivity index (χ2v) is 7.23. The summed E-state index contributed by atoms with van der Waals surface area (Å²) < 4.78 is 25.7. The Morgan fingerprint density at radius 2 is 2.11 bits per heavy atom. The molecular formula is C11H13NO4S2. The molecule has 1 aliphatic rings. The van der Waals surface area contributed by atoms with Gasteiger partial charge in [-0.05, 0) is 19.1 Å². The van der Waals surface area contributed by atoms with Crippen molar-refractivity contribution in [2.24, 2.45) is 0 Å². The summed E-state index contributed by atoms with van der Waals surface area (Å²) in [6.45, 7) is 1.50. The average molecular weight is 287 g/mol. The van der Waals surface area contributed by atoms with Gasteiger partial charge < -0.3 is 5.11 Å². The summed E-state index contributed by atoms with van der Waals surface area (Å²) in [6, 6.07) is 7.13. The monoisotopic (exact) mass is 287 g/mol. The average Bonchev–Trinajstić information content (AvgIpc) is 2.36. The number of para-hydroxylation sites is 1. The van der Waals surface area contributed by atoms with Crippen LogP contribution < -0.4 is 4.31 Å². The van der Waals surface area contributed by atoms with Gasteiger partial charge in [-0.1, -0.05) is 12.1 Å². The number of carbonyl (C=O) groups is 1. The van der Waals surface area contributed by atoms with Crippen LogP contribution in [0.1, 0.15) is 6.92 Å². The molecule has 0 radical (unpaired) electrons. The summed E-state index contributed by atoms with van der Waals surface area (Å²) >= 11 is 1.58. The number of fused-ring (bicyclic) bond motifs is 1. The molecule has 0 fully saturated rings. The Labute approximate surface area is 110 Å². The molecule has 0 bridgehead atoms. The van der Waals surface area contributed by atoms with Crippen LogP contribution in [0, 0.1) is 0 Å². The van der Waals surface area contributed by atoms with E-state index in [1.807, 2.05) is 12.1 Å². The molecule has 0 saturated heterocycles. The summed E-state index contributed by atoms with van der Waals surface area (Å²) in [4.78, 5) is 11.8. The van der Waals surface area contributed by atoms with Crippen molar-refractivity contribution >= 4 is 33.4 Å². The van der Waals surface area contributed by atoms with Crippen molar-refractivity contribution < 1.29 is 18.3 Å². The van der Waals surface area contributed by atoms with Gasteiger partial charge in [0.1, 0.15) is 0 Å². The van der Waals surface area contributed by atoms with E-state index in [1.54, 1.807) is 23.9 Å². The van der Waals surface area contributed by atoms with Crippen molar-refractivity contribution in [1.82, 2.24) is 0 Å². The molecule has 1 aromatic rings. The number of nitrogens with zero attached hydrogens (tertiary/aromatic N) is 1. The highest BCUT2D eigenvalue weighted by atomic mass is 32.2. The SMILES string of the molecule is CC(C(=O)O)S(=O)(=O)N1CCSc2ccccc21. The lowest BCUT2D eigenvalue weighted by atomic mass is 10.3. The molecule has 1 aliphatic heterocycles. The van der Waals surface area contributed by atoms with Crippen LogP contribution in [0.5, 0.6) is 0 Å². The van der Waals surface area contributed by atoms with Gasteiger partial charge >= 0.3 is 5.97 Å². The molecule has 0 amide bonds. The zero-order valence-electron chi connectivity index (χ0n) is 9.74. The maximum atomic E-state index is 12.2. The van der Waals surface area contributed by atoms with E-state index in [0.717, 1.165) is 4.90 Å². The molecule has 1 heterocycles. The van der Waals surface area contributed by atoms with E-state index in [-0.39, 0.29) is 0 Å². The van der Waals surface area contributed by atoms with Gasteiger partial charge in [0, 0.05) is 17.2 Å². The Bertz CT molecular complexity index is 570. The molecule has 1 aromatic carbocycles. The highest BCUT2D eigenvalue weighted by molar-refractivity contribution is 8.00. The number of hydrogen-bond acceptors (Lipinski definition) is 4. The van der Waals surface area contributed by atoms with Gasteiger partial charge in [0.15, 0.2) is 5.25 Å². The van der Waals surface area contributed by atoms with Crippen LogP contribution in [0.2, 0.25) is 0 Å². The molecule has 0 spiro atoms. The van der Waals surface area contributed by atoms with Crippen molar-refractivity contribution in [2.45, 2.75) is 17.1 Å². The quantitative estimate of drug-likeness (QED) is 0.909. The number of carboxylic acid groups (broad SMARTS) is 1. The Hall–Kier alpha value is -1.21. The topological polar surface area (TPSA) is 74.7 Å². The second-order valence-electron chi connectivity index (χ2n) is 3.91. The van der Waals surface area contributed by atoms with E-state index in [0.29, 0.717) is 18.0 Å². The minimum Gasteiger partial charge on any atom is -0.480 e. The van der Waals surface area contributed by atoms with Gasteiger partial charge in [-0.25, -0.2) is 8.42 Å². The van der Waals surface area contributed by atoms with Crippen LogP contribution in [-0.4, -0.2) is 37.0 Å². The summed E-state index contributed by atoms with van der Waals surface area (Å²) in [5.74, 6) is -0.700. The van der Waals surface area contributed by atoms with Crippen LogP contribution in [0.25, 0.3) is 0 Å². The molecular weight excluding hydrogens is 274 g/mol. The first-order chi connectivity index (χ1) is 8.44. The predicted octanol–water partition coefficient (Wildman–Crippen LogP) is 1.40. The van der Waals surface area contributed by atoms with Crippen LogP contribution >= 0.6 is 11.8 Å². The lowest BCUT2D eigenvalue weighted by molar-refractivity contribution is -0.136. The molecule has 0 aliphatic carbocycles. The van der Waals surface area contributed by atoms with Gasteiger partial charge in [-0.2, -0.15) is 0 Å². The molecule has 0 saturated carbocycles. The van der Waals surface area contributed by atoms with Crippen molar-refractivity contribution in [1.29, 1.82) is 0 Å². The molecule has 1 N–H and O–H groups in total. The zero-order chi connectivity index (χ0) is 13.3. The Morgan fingerprint density at radius 1 is 1.44 bits per heavy atom. The van der Waals surface area contributed by atoms with Crippen LogP contribution in [0.3, 0.4) is 0 Å². The van der Waals surface area contributed by atoms with Crippen molar-refractivity contribution in [2.75, 3.05) is 16.6 Å². The lowest BCUT2D eigenvalue weighted by Gasteiger charge is -2.31. The predicted molar refractivity (Wildman–Crippen MR) is 70.5 cm³/mol. The van der Waals surface area contributed by atoms with Crippen LogP contribution in [0.15, 0.2) is 29.2 Å². The number of thioether (sulfide) groups is 1. The summed E-state index contributed by atoms with van der Waals surface area (Å²) in [5.41, 5.74) is 0.571. The fraction of sp³-hybridized carbons (Fsp3) is 0.364. The standard InChI is InChI=1S/C11H13NO4S2/c1-8(11(13)14)18(15,16)12-6-7-17-10-5-3-2-4-9(10)12/h2-5,8H,6-7H2,1H3,(H,13,14). The van der Waals surface area contributed by atoms with Crippen LogP contribution in [-0.2, 0) is 14.8 Å². The Kier molecular flexibility index (Phi) is 3.54. The molecule has 18 heavy (non-hydrogen) atoms. The molecule has 7 heteroatoms. The lowest BCUT2D eigenvalue weighted by Crippen LogP contribution is -2.43. The maximum Gasteiger partial charge on any atom is 0.323 e. The smallest absolute Gasteiger partial charge is 0.323 e. The number of rotatable bonds is 3. The molecule has 1 atom stereocenters. The highest BCUT2D eigenvalue weighted by Gasteiger charge is 2.36. The van der Waals surface area contributed by atoms with Gasteiger partial charge in [0.2, 0.25) is 10.0 Å². The number of aliphatic carboxylic acids is 1. The van der Waals surface area contributed by atoms with Crippen LogP contribution in [0.4, 0.5) is 5.69 Å². The van der Waals surface area contributed by atoms with E-state index in [4.69, 9.17) is 5.11 Å². The Balaban J connectivity index is 2.45. The van der Waals surface area contributed by atoms with Crippen molar-refractivity contribution in [3.63, 3.8) is 0 Å². The number of anilines is 1. The van der Waals surface area contributed by atoms with Gasteiger partial charge in [-0.15, -0.1) is 11.8 Å². The van der Waals surface area contributed by atoms with Gasteiger partial charge in [0.05, 0.1) is 5.69 Å². The molecule has 1 unspecified atom stereocenters. The highest BCUT2D eigenvalue weighted by Crippen LogP contribution is 2.36. The fourth-order valence-electron chi connectivity index (χ4n) is 1.73.